The second-order valence-electron chi connectivity index (χ2n) is 10.0. The van der Waals surface area contributed by atoms with Crippen LogP contribution < -0.4 is 11.1 Å². The first kappa shape index (κ1) is 18.6. The van der Waals surface area contributed by atoms with Crippen LogP contribution in [0.15, 0.2) is 18.3 Å². The Hall–Kier alpha value is -3.12. The number of hydrogen-bond donors (Lipinski definition) is 2. The topological polar surface area (TPSA) is 122 Å². The minimum Gasteiger partial charge on any atom is -0.383 e. The van der Waals surface area contributed by atoms with Crippen LogP contribution in [0.5, 0.6) is 0 Å². The lowest BCUT2D eigenvalue weighted by Gasteiger charge is -2.48. The van der Waals surface area contributed by atoms with Crippen LogP contribution in [-0.2, 0) is 16.7 Å². The average molecular weight is 419 g/mol. The Bertz CT molecular complexity index is 1140. The summed E-state index contributed by atoms with van der Waals surface area (Å²) in [6, 6.07) is 5.88. The van der Waals surface area contributed by atoms with Gasteiger partial charge in [-0.15, -0.1) is 0 Å². The first-order valence-corrected chi connectivity index (χ1v) is 10.7. The zero-order valence-electron chi connectivity index (χ0n) is 17.5. The van der Waals surface area contributed by atoms with Crippen molar-refractivity contribution in [1.29, 1.82) is 5.26 Å². The summed E-state index contributed by atoms with van der Waals surface area (Å²) < 4.78 is 7.85. The molecule has 160 valence electrons. The SMILES string of the molecule is CC12CC(CNC(=O)N3CC4(CCn5nc(-c6cnc(N)c(C#N)c6)cc54)C3)(CO1)C2. The van der Waals surface area contributed by atoms with Crippen molar-refractivity contribution in [3.63, 3.8) is 0 Å². The van der Waals surface area contributed by atoms with E-state index in [0.29, 0.717) is 25.2 Å². The third-order valence-electron chi connectivity index (χ3n) is 7.57. The van der Waals surface area contributed by atoms with E-state index in [1.165, 1.54) is 0 Å². The van der Waals surface area contributed by atoms with Crippen molar-refractivity contribution in [2.75, 3.05) is 32.0 Å². The molecule has 1 saturated carbocycles. The second kappa shape index (κ2) is 5.98. The molecule has 1 spiro atoms. The molecule has 9 nitrogen and oxygen atoms in total. The summed E-state index contributed by atoms with van der Waals surface area (Å²) in [6.07, 6.45) is 4.72. The van der Waals surface area contributed by atoms with Gasteiger partial charge < -0.3 is 20.7 Å². The molecule has 2 bridgehead atoms. The van der Waals surface area contributed by atoms with Gasteiger partial charge in [0.05, 0.1) is 23.5 Å². The maximum Gasteiger partial charge on any atom is 0.317 e. The molecule has 0 aromatic carbocycles. The second-order valence-corrected chi connectivity index (χ2v) is 10.0. The Labute approximate surface area is 180 Å². The number of ether oxygens (including phenoxy) is 1. The van der Waals surface area contributed by atoms with E-state index in [9.17, 15) is 10.1 Å². The highest BCUT2D eigenvalue weighted by Gasteiger charge is 2.60. The highest BCUT2D eigenvalue weighted by Crippen LogP contribution is 2.57. The van der Waals surface area contributed by atoms with Gasteiger partial charge in [-0.1, -0.05) is 0 Å². The molecule has 2 aromatic heterocycles. The minimum atomic E-state index is -0.0360. The van der Waals surface area contributed by atoms with Crippen molar-refractivity contribution in [3.05, 3.63) is 29.6 Å². The molecule has 9 heteroatoms. The van der Waals surface area contributed by atoms with Gasteiger partial charge in [-0.05, 0) is 38.3 Å². The van der Waals surface area contributed by atoms with E-state index in [-0.39, 0.29) is 28.3 Å². The number of urea groups is 1. The van der Waals surface area contributed by atoms with Gasteiger partial charge in [0.2, 0.25) is 0 Å². The van der Waals surface area contributed by atoms with Crippen molar-refractivity contribution in [2.24, 2.45) is 5.41 Å². The van der Waals surface area contributed by atoms with E-state index in [1.54, 1.807) is 12.3 Å². The number of hydrogen-bond acceptors (Lipinski definition) is 6. The smallest absolute Gasteiger partial charge is 0.317 e. The van der Waals surface area contributed by atoms with E-state index in [2.05, 4.69) is 29.4 Å². The molecule has 2 amide bonds. The number of nitrogens with one attached hydrogen (secondary N) is 1. The number of pyridine rings is 1. The molecule has 31 heavy (non-hydrogen) atoms. The van der Waals surface area contributed by atoms with Crippen LogP contribution in [0.25, 0.3) is 11.3 Å². The van der Waals surface area contributed by atoms with Crippen LogP contribution in [0.4, 0.5) is 10.6 Å². The van der Waals surface area contributed by atoms with E-state index < -0.39 is 0 Å². The fraction of sp³-hybridized carbons (Fsp3) is 0.545. The maximum atomic E-state index is 12.7. The number of amides is 2. The quantitative estimate of drug-likeness (QED) is 0.780. The Balaban J connectivity index is 1.13. The van der Waals surface area contributed by atoms with Crippen LogP contribution in [0.3, 0.4) is 0 Å². The van der Waals surface area contributed by atoms with E-state index in [0.717, 1.165) is 49.4 Å². The number of likely N-dealkylation sites (tertiary alicyclic amines) is 1. The minimum absolute atomic E-state index is 0.0140. The number of aromatic nitrogens is 3. The van der Waals surface area contributed by atoms with Gasteiger partial charge in [0.25, 0.3) is 0 Å². The van der Waals surface area contributed by atoms with Crippen LogP contribution in [0.2, 0.25) is 0 Å². The molecule has 0 atom stereocenters. The predicted molar refractivity (Wildman–Crippen MR) is 112 cm³/mol. The van der Waals surface area contributed by atoms with Gasteiger partial charge in [-0.3, -0.25) is 4.68 Å². The maximum absolute atomic E-state index is 12.7. The fourth-order valence-electron chi connectivity index (χ4n) is 6.07. The predicted octanol–water partition coefficient (Wildman–Crippen LogP) is 1.63. The van der Waals surface area contributed by atoms with Crippen molar-refractivity contribution in [2.45, 2.75) is 43.7 Å². The molecular weight excluding hydrogens is 394 g/mol. The molecule has 6 heterocycles. The number of nitrogens with zero attached hydrogens (tertiary/aromatic N) is 5. The molecule has 0 unspecified atom stereocenters. The molecule has 1 aliphatic carbocycles. The van der Waals surface area contributed by atoms with Crippen molar-refractivity contribution in [1.82, 2.24) is 25.0 Å². The number of nitriles is 1. The fourth-order valence-corrected chi connectivity index (χ4v) is 6.07. The summed E-state index contributed by atoms with van der Waals surface area (Å²) in [4.78, 5) is 18.7. The van der Waals surface area contributed by atoms with E-state index in [1.807, 2.05) is 9.58 Å². The largest absolute Gasteiger partial charge is 0.383 e. The Morgan fingerprint density at radius 1 is 1.39 bits per heavy atom. The molecule has 5 aliphatic rings. The lowest BCUT2D eigenvalue weighted by atomic mass is 9.63. The number of aryl methyl sites for hydroxylation is 1. The number of anilines is 1. The summed E-state index contributed by atoms with van der Waals surface area (Å²) in [5.74, 6) is 0.227. The van der Waals surface area contributed by atoms with E-state index in [4.69, 9.17) is 15.6 Å². The highest BCUT2D eigenvalue weighted by atomic mass is 16.5. The average Bonchev–Trinajstić information content (AvgIpc) is 3.43. The molecule has 4 fully saturated rings. The number of nitrogens with two attached hydrogens (primary N) is 1. The zero-order chi connectivity index (χ0) is 21.4. The monoisotopic (exact) mass is 419 g/mol. The molecular formula is C22H25N7O2. The third kappa shape index (κ3) is 2.67. The number of carbonyl (C=O) groups is 1. The van der Waals surface area contributed by atoms with Gasteiger partial charge in [-0.2, -0.15) is 10.4 Å². The van der Waals surface area contributed by atoms with Gasteiger partial charge in [0.15, 0.2) is 0 Å². The standard InChI is InChI=1S/C22H25N7O2/c1-20-8-21(9-20,13-31-20)10-26-19(30)28-11-22(12-28)2-3-29-17(22)5-16(27-29)15-4-14(6-23)18(24)25-7-15/h4-5,7H,2-3,8-13H2,1H3,(H2,24,25)(H,26,30). The summed E-state index contributed by atoms with van der Waals surface area (Å²) in [7, 11) is 0. The molecule has 7 rings (SSSR count). The number of rotatable bonds is 3. The van der Waals surface area contributed by atoms with Crippen molar-refractivity contribution < 1.29 is 9.53 Å². The first-order chi connectivity index (χ1) is 14.8. The lowest BCUT2D eigenvalue weighted by molar-refractivity contribution is 0.00334. The van der Waals surface area contributed by atoms with Crippen LogP contribution >= 0.6 is 0 Å². The molecule has 4 aliphatic heterocycles. The van der Waals surface area contributed by atoms with Crippen LogP contribution in [-0.4, -0.2) is 57.5 Å². The van der Waals surface area contributed by atoms with Gasteiger partial charge in [-0.25, -0.2) is 9.78 Å². The van der Waals surface area contributed by atoms with Crippen LogP contribution in [0, 0.1) is 16.7 Å². The third-order valence-corrected chi connectivity index (χ3v) is 7.57. The van der Waals surface area contributed by atoms with Gasteiger partial charge >= 0.3 is 6.03 Å². The van der Waals surface area contributed by atoms with Crippen molar-refractivity contribution >= 4 is 11.8 Å². The summed E-state index contributed by atoms with van der Waals surface area (Å²) in [5.41, 5.74) is 8.96. The number of nitrogen functional groups attached to an aromatic ring is 1. The summed E-state index contributed by atoms with van der Waals surface area (Å²) >= 11 is 0. The Morgan fingerprint density at radius 3 is 2.90 bits per heavy atom. The first-order valence-electron chi connectivity index (χ1n) is 10.7. The van der Waals surface area contributed by atoms with Crippen molar-refractivity contribution in [3.8, 4) is 17.3 Å². The molecule has 2 aromatic rings. The Morgan fingerprint density at radius 2 is 2.19 bits per heavy atom. The van der Waals surface area contributed by atoms with E-state index >= 15 is 0 Å². The number of fused-ring (bicyclic) bond motifs is 3. The Kier molecular flexibility index (Phi) is 3.59. The summed E-state index contributed by atoms with van der Waals surface area (Å²) in [5, 5.41) is 17.1. The summed E-state index contributed by atoms with van der Waals surface area (Å²) in [6.45, 7) is 5.83. The van der Waals surface area contributed by atoms with Gasteiger partial charge in [0.1, 0.15) is 11.9 Å². The zero-order valence-corrected chi connectivity index (χ0v) is 17.5. The highest BCUT2D eigenvalue weighted by molar-refractivity contribution is 5.76. The molecule has 0 radical (unpaired) electrons. The van der Waals surface area contributed by atoms with Crippen LogP contribution in [0.1, 0.15) is 37.4 Å². The molecule has 3 saturated heterocycles. The van der Waals surface area contributed by atoms with Gasteiger partial charge in [0, 0.05) is 54.5 Å². The number of carbonyl (C=O) groups excluding carboxylic acids is 1. The lowest BCUT2D eigenvalue weighted by Crippen LogP contribution is -2.63. The molecule has 3 N–H and O–H groups in total. The normalized spacial score (nSPS) is 29.2.